The van der Waals surface area contributed by atoms with Crippen LogP contribution in [0.2, 0.25) is 0 Å². The minimum absolute atomic E-state index is 0.0594. The van der Waals surface area contributed by atoms with Gasteiger partial charge in [0.1, 0.15) is 0 Å². The van der Waals surface area contributed by atoms with Gasteiger partial charge in [0.05, 0.1) is 6.61 Å². The van der Waals surface area contributed by atoms with E-state index in [2.05, 4.69) is 4.74 Å². The molecule has 28 heavy (non-hydrogen) atoms. The Hall–Kier alpha value is -1.59. The first-order valence-electron chi connectivity index (χ1n) is 10.5. The summed E-state index contributed by atoms with van der Waals surface area (Å²) in [4.78, 5) is 21.9. The number of carbonyl (C=O) groups excluding carboxylic acids is 2. The highest BCUT2D eigenvalue weighted by atomic mass is 19.4. The highest BCUT2D eigenvalue weighted by Gasteiger charge is 2.40. The minimum atomic E-state index is -4.89. The van der Waals surface area contributed by atoms with E-state index in [0.717, 1.165) is 44.9 Å². The van der Waals surface area contributed by atoms with Crippen molar-refractivity contribution >= 4 is 11.8 Å². The van der Waals surface area contributed by atoms with Crippen molar-refractivity contribution in [2.24, 2.45) is 0 Å². The van der Waals surface area contributed by atoms with E-state index in [1.807, 2.05) is 19.1 Å². The summed E-state index contributed by atoms with van der Waals surface area (Å²) in [7, 11) is 0. The predicted molar refractivity (Wildman–Crippen MR) is 106 cm³/mol. The van der Waals surface area contributed by atoms with Crippen LogP contribution in [-0.4, -0.2) is 24.5 Å². The zero-order chi connectivity index (χ0) is 21.1. The second-order valence-corrected chi connectivity index (χ2v) is 6.93. The number of carbonyl (C=O) groups is 2. The van der Waals surface area contributed by atoms with E-state index in [9.17, 15) is 22.8 Å². The maximum Gasteiger partial charge on any atom is 0.490 e. The number of hydrogen-bond acceptors (Lipinski definition) is 3. The van der Waals surface area contributed by atoms with E-state index >= 15 is 0 Å². The van der Waals surface area contributed by atoms with Gasteiger partial charge in [-0.15, -0.1) is 0 Å². The van der Waals surface area contributed by atoms with Gasteiger partial charge >= 0.3 is 12.1 Å². The lowest BCUT2D eigenvalue weighted by Crippen LogP contribution is -2.25. The minimum Gasteiger partial charge on any atom is -0.459 e. The zero-order valence-corrected chi connectivity index (χ0v) is 17.1. The fraction of sp³-hybridized carbons (Fsp3) is 0.727. The molecule has 0 N–H and O–H groups in total. The molecule has 0 saturated carbocycles. The van der Waals surface area contributed by atoms with Gasteiger partial charge in [0.25, 0.3) is 0 Å². The average Bonchev–Trinajstić information content (AvgIpc) is 2.64. The average molecular weight is 405 g/mol. The molecule has 0 aromatic carbocycles. The van der Waals surface area contributed by atoms with Crippen molar-refractivity contribution in [1.29, 1.82) is 0 Å². The van der Waals surface area contributed by atoms with Gasteiger partial charge in [-0.25, -0.2) is 4.79 Å². The summed E-state index contributed by atoms with van der Waals surface area (Å²) >= 11 is 0. The van der Waals surface area contributed by atoms with Crippen LogP contribution in [0.25, 0.3) is 0 Å². The highest BCUT2D eigenvalue weighted by molar-refractivity contribution is 5.99. The molecule has 3 nitrogen and oxygen atoms in total. The molecule has 0 aromatic heterocycles. The first kappa shape index (κ1) is 26.4. The molecule has 0 rings (SSSR count). The number of unbranched alkanes of at least 4 members (excludes halogenated alkanes) is 11. The van der Waals surface area contributed by atoms with Crippen LogP contribution in [-0.2, 0) is 14.3 Å². The van der Waals surface area contributed by atoms with Gasteiger partial charge in [-0.3, -0.25) is 4.79 Å². The first-order chi connectivity index (χ1) is 13.4. The van der Waals surface area contributed by atoms with Crippen molar-refractivity contribution in [3.63, 3.8) is 0 Å². The Morgan fingerprint density at radius 2 is 1.21 bits per heavy atom. The van der Waals surface area contributed by atoms with Crippen LogP contribution >= 0.6 is 0 Å². The number of alkyl halides is 3. The zero-order valence-electron chi connectivity index (χ0n) is 17.1. The number of ketones is 1. The Morgan fingerprint density at radius 3 is 1.71 bits per heavy atom. The summed E-state index contributed by atoms with van der Waals surface area (Å²) in [6, 6.07) is 0. The van der Waals surface area contributed by atoms with Crippen molar-refractivity contribution in [2.75, 3.05) is 6.61 Å². The molecule has 6 heteroatoms. The van der Waals surface area contributed by atoms with Crippen LogP contribution in [0.15, 0.2) is 24.3 Å². The fourth-order valence-corrected chi connectivity index (χ4v) is 2.69. The predicted octanol–water partition coefficient (Wildman–Crippen LogP) is 6.86. The van der Waals surface area contributed by atoms with Gasteiger partial charge in [0, 0.05) is 0 Å². The third kappa shape index (κ3) is 17.8. The standard InChI is InChI=1S/C22H35F3O3/c1-2-3-17-20(26)18-15-13-11-9-7-5-4-6-8-10-12-14-16-19-28-21(27)22(23,24)25/h3,15,17-18H,2,4-14,16,19H2,1H3/b17-3+,18-15+. The summed E-state index contributed by atoms with van der Waals surface area (Å²) in [5, 5.41) is 0. The van der Waals surface area contributed by atoms with E-state index in [1.54, 1.807) is 12.2 Å². The number of esters is 1. The number of allylic oxidation sites excluding steroid dienone is 4. The van der Waals surface area contributed by atoms with Gasteiger partial charge in [-0.1, -0.05) is 76.9 Å². The quantitative estimate of drug-likeness (QED) is 0.151. The highest BCUT2D eigenvalue weighted by Crippen LogP contribution is 2.17. The number of rotatable bonds is 17. The van der Waals surface area contributed by atoms with Crippen molar-refractivity contribution < 1.29 is 27.5 Å². The van der Waals surface area contributed by atoms with E-state index in [0.29, 0.717) is 6.42 Å². The van der Waals surface area contributed by atoms with E-state index < -0.39 is 12.1 Å². The summed E-state index contributed by atoms with van der Waals surface area (Å²) in [6.07, 6.45) is 15.6. The smallest absolute Gasteiger partial charge is 0.459 e. The molecule has 0 spiro atoms. The van der Waals surface area contributed by atoms with Crippen LogP contribution < -0.4 is 0 Å². The van der Waals surface area contributed by atoms with Crippen molar-refractivity contribution in [1.82, 2.24) is 0 Å². The molecule has 162 valence electrons. The van der Waals surface area contributed by atoms with Gasteiger partial charge in [0.2, 0.25) is 0 Å². The summed E-state index contributed by atoms with van der Waals surface area (Å²) in [6.45, 7) is 1.84. The number of ether oxygens (including phenoxy) is 1. The Labute approximate surface area is 167 Å². The van der Waals surface area contributed by atoms with Gasteiger partial charge in [-0.2, -0.15) is 13.2 Å². The second kappa shape index (κ2) is 17.5. The largest absolute Gasteiger partial charge is 0.490 e. The van der Waals surface area contributed by atoms with Crippen LogP contribution in [0.1, 0.15) is 90.4 Å². The first-order valence-corrected chi connectivity index (χ1v) is 10.5. The van der Waals surface area contributed by atoms with Crippen LogP contribution in [0, 0.1) is 0 Å². The van der Waals surface area contributed by atoms with Crippen molar-refractivity contribution in [3.8, 4) is 0 Å². The molecule has 0 unspecified atom stereocenters. The number of halogens is 3. The molecular weight excluding hydrogens is 369 g/mol. The Kier molecular flexibility index (Phi) is 16.5. The second-order valence-electron chi connectivity index (χ2n) is 6.93. The molecule has 0 fully saturated rings. The molecule has 0 aliphatic rings. The van der Waals surface area contributed by atoms with Gasteiger partial charge in [0.15, 0.2) is 5.78 Å². The topological polar surface area (TPSA) is 43.4 Å². The molecule has 0 heterocycles. The lowest BCUT2D eigenvalue weighted by atomic mass is 10.1. The number of hydrogen-bond donors (Lipinski definition) is 0. The lowest BCUT2D eigenvalue weighted by Gasteiger charge is -2.07. The lowest BCUT2D eigenvalue weighted by molar-refractivity contribution is -0.199. The molecule has 0 aromatic rings. The third-order valence-corrected chi connectivity index (χ3v) is 4.28. The Balaban J connectivity index is 3.28. The van der Waals surface area contributed by atoms with Gasteiger partial charge in [-0.05, 0) is 37.8 Å². The van der Waals surface area contributed by atoms with Crippen molar-refractivity contribution in [3.05, 3.63) is 24.3 Å². The van der Waals surface area contributed by atoms with Crippen LogP contribution in [0.4, 0.5) is 13.2 Å². The molecule has 0 aliphatic carbocycles. The van der Waals surface area contributed by atoms with Gasteiger partial charge < -0.3 is 4.74 Å². The van der Waals surface area contributed by atoms with E-state index in [1.165, 1.54) is 32.1 Å². The van der Waals surface area contributed by atoms with E-state index in [4.69, 9.17) is 0 Å². The SMILES string of the molecule is CC/C=C/C(=O)/C=C/CCCCCCCCCCCCCOC(=O)C(F)(F)F. The van der Waals surface area contributed by atoms with Crippen LogP contribution in [0.5, 0.6) is 0 Å². The normalized spacial score (nSPS) is 12.1. The molecule has 0 saturated heterocycles. The summed E-state index contributed by atoms with van der Waals surface area (Å²) in [5.41, 5.74) is 0. The molecule has 0 aliphatic heterocycles. The molecule has 0 atom stereocenters. The van der Waals surface area contributed by atoms with Crippen molar-refractivity contribution in [2.45, 2.75) is 96.6 Å². The third-order valence-electron chi connectivity index (χ3n) is 4.28. The molecule has 0 radical (unpaired) electrons. The maximum absolute atomic E-state index is 11.9. The monoisotopic (exact) mass is 404 g/mol. The van der Waals surface area contributed by atoms with E-state index in [-0.39, 0.29) is 12.4 Å². The molecule has 0 bridgehead atoms. The fourth-order valence-electron chi connectivity index (χ4n) is 2.69. The Morgan fingerprint density at radius 1 is 0.750 bits per heavy atom. The molecular formula is C22H35F3O3. The maximum atomic E-state index is 11.9. The Bertz CT molecular complexity index is 468. The molecule has 0 amide bonds. The summed E-state index contributed by atoms with van der Waals surface area (Å²) in [5.74, 6) is -2.04. The van der Waals surface area contributed by atoms with Crippen LogP contribution in [0.3, 0.4) is 0 Å². The summed E-state index contributed by atoms with van der Waals surface area (Å²) < 4.78 is 39.9.